The standard InChI is InChI=1S/C31H20F2N4O2/c32-23-9-5-11-28(29(23)33)39-20-12-13-27-25(15-20)36-31-22(17-34-37(27)31)30(38)26-16-21-19(8-4-10-24(21)35-26)14-18-6-2-1-3-7-18/h1-13,15-17,35-36H,14H2. The van der Waals surface area contributed by atoms with Crippen molar-refractivity contribution in [2.24, 2.45) is 0 Å². The van der Waals surface area contributed by atoms with Gasteiger partial charge in [-0.25, -0.2) is 8.91 Å². The third-order valence-electron chi connectivity index (χ3n) is 6.84. The van der Waals surface area contributed by atoms with Crippen LogP contribution in [-0.4, -0.2) is 25.4 Å². The molecule has 0 radical (unpaired) electrons. The van der Waals surface area contributed by atoms with Gasteiger partial charge in [0.15, 0.2) is 11.6 Å². The highest BCUT2D eigenvalue weighted by atomic mass is 19.2. The Hall–Kier alpha value is -5.24. The average Bonchev–Trinajstić information content (AvgIpc) is 3.65. The number of imidazole rings is 1. The minimum atomic E-state index is -1.06. The average molecular weight is 519 g/mol. The topological polar surface area (TPSA) is 75.2 Å². The summed E-state index contributed by atoms with van der Waals surface area (Å²) in [6.45, 7) is 0. The number of carbonyl (C=O) groups is 1. The van der Waals surface area contributed by atoms with Crippen molar-refractivity contribution in [3.63, 3.8) is 0 Å². The molecule has 3 heterocycles. The van der Waals surface area contributed by atoms with Crippen LogP contribution in [0.15, 0.2) is 97.2 Å². The Balaban J connectivity index is 1.23. The number of halogens is 2. The van der Waals surface area contributed by atoms with Gasteiger partial charge in [0.2, 0.25) is 11.6 Å². The van der Waals surface area contributed by atoms with Gasteiger partial charge in [-0.15, -0.1) is 0 Å². The van der Waals surface area contributed by atoms with Crippen LogP contribution in [0.2, 0.25) is 0 Å². The molecule has 0 aliphatic carbocycles. The lowest BCUT2D eigenvalue weighted by Crippen LogP contribution is -2.01. The van der Waals surface area contributed by atoms with Crippen LogP contribution in [0, 0.1) is 11.6 Å². The lowest BCUT2D eigenvalue weighted by atomic mass is 10.0. The van der Waals surface area contributed by atoms with Crippen LogP contribution in [0.25, 0.3) is 27.6 Å². The molecule has 190 valence electrons. The van der Waals surface area contributed by atoms with Crippen molar-refractivity contribution < 1.29 is 18.3 Å². The zero-order valence-electron chi connectivity index (χ0n) is 20.4. The number of benzene rings is 4. The highest BCUT2D eigenvalue weighted by molar-refractivity contribution is 6.14. The first-order valence-corrected chi connectivity index (χ1v) is 12.4. The molecule has 6 nitrogen and oxygen atoms in total. The van der Waals surface area contributed by atoms with Crippen molar-refractivity contribution in [2.75, 3.05) is 0 Å². The smallest absolute Gasteiger partial charge is 0.214 e. The van der Waals surface area contributed by atoms with Gasteiger partial charge in [0.1, 0.15) is 11.4 Å². The number of aromatic nitrogens is 4. The predicted octanol–water partition coefficient (Wildman–Crippen LogP) is 7.19. The first-order valence-electron chi connectivity index (χ1n) is 12.4. The molecule has 3 aromatic heterocycles. The quantitative estimate of drug-likeness (QED) is 0.229. The zero-order valence-corrected chi connectivity index (χ0v) is 20.4. The van der Waals surface area contributed by atoms with E-state index >= 15 is 0 Å². The number of aromatic amines is 2. The highest BCUT2D eigenvalue weighted by Gasteiger charge is 2.21. The summed E-state index contributed by atoms with van der Waals surface area (Å²) >= 11 is 0. The fourth-order valence-corrected chi connectivity index (χ4v) is 4.95. The zero-order chi connectivity index (χ0) is 26.5. The second-order valence-electron chi connectivity index (χ2n) is 9.33. The van der Waals surface area contributed by atoms with Crippen molar-refractivity contribution in [2.45, 2.75) is 6.42 Å². The van der Waals surface area contributed by atoms with Gasteiger partial charge in [-0.2, -0.15) is 9.49 Å². The van der Waals surface area contributed by atoms with Crippen molar-refractivity contribution >= 4 is 33.4 Å². The Bertz CT molecular complexity index is 2020. The second kappa shape index (κ2) is 8.95. The van der Waals surface area contributed by atoms with E-state index in [4.69, 9.17) is 4.74 Å². The van der Waals surface area contributed by atoms with Gasteiger partial charge in [0, 0.05) is 17.0 Å². The maximum Gasteiger partial charge on any atom is 0.214 e. The summed E-state index contributed by atoms with van der Waals surface area (Å²) in [5.74, 6) is -2.15. The lowest BCUT2D eigenvalue weighted by molar-refractivity contribution is 0.103. The van der Waals surface area contributed by atoms with E-state index in [1.54, 1.807) is 22.7 Å². The fourth-order valence-electron chi connectivity index (χ4n) is 4.95. The molecule has 0 unspecified atom stereocenters. The third kappa shape index (κ3) is 3.93. The minimum Gasteiger partial charge on any atom is -0.454 e. The summed E-state index contributed by atoms with van der Waals surface area (Å²) in [6.07, 6.45) is 2.30. The molecule has 0 saturated carbocycles. The molecular weight excluding hydrogens is 498 g/mol. The molecular formula is C31H20F2N4O2. The molecule has 39 heavy (non-hydrogen) atoms. The lowest BCUT2D eigenvalue weighted by Gasteiger charge is -2.07. The normalized spacial score (nSPS) is 11.5. The first kappa shape index (κ1) is 22.9. The molecule has 0 amide bonds. The van der Waals surface area contributed by atoms with E-state index in [0.29, 0.717) is 33.7 Å². The van der Waals surface area contributed by atoms with Crippen LogP contribution < -0.4 is 4.74 Å². The molecule has 0 fully saturated rings. The largest absolute Gasteiger partial charge is 0.454 e. The van der Waals surface area contributed by atoms with E-state index < -0.39 is 11.6 Å². The van der Waals surface area contributed by atoms with Crippen LogP contribution in [0.4, 0.5) is 8.78 Å². The van der Waals surface area contributed by atoms with E-state index in [1.807, 2.05) is 36.4 Å². The van der Waals surface area contributed by atoms with Crippen LogP contribution in [0.1, 0.15) is 27.2 Å². The number of fused-ring (bicyclic) bond motifs is 4. The highest BCUT2D eigenvalue weighted by Crippen LogP contribution is 2.30. The summed E-state index contributed by atoms with van der Waals surface area (Å²) < 4.78 is 34.9. The predicted molar refractivity (Wildman–Crippen MR) is 144 cm³/mol. The Morgan fingerprint density at radius 1 is 0.872 bits per heavy atom. The van der Waals surface area contributed by atoms with Crippen LogP contribution >= 0.6 is 0 Å². The second-order valence-corrected chi connectivity index (χ2v) is 9.33. The molecule has 0 bridgehead atoms. The molecule has 0 atom stereocenters. The molecule has 4 aromatic carbocycles. The van der Waals surface area contributed by atoms with Gasteiger partial charge < -0.3 is 14.7 Å². The van der Waals surface area contributed by atoms with Gasteiger partial charge in [-0.1, -0.05) is 48.5 Å². The van der Waals surface area contributed by atoms with E-state index in [2.05, 4.69) is 33.3 Å². The number of hydrogen-bond donors (Lipinski definition) is 2. The number of nitrogens with zero attached hydrogens (tertiary/aromatic N) is 2. The number of ketones is 1. The Morgan fingerprint density at radius 2 is 1.72 bits per heavy atom. The van der Waals surface area contributed by atoms with Gasteiger partial charge in [0.25, 0.3) is 0 Å². The van der Waals surface area contributed by atoms with Gasteiger partial charge >= 0.3 is 0 Å². The van der Waals surface area contributed by atoms with E-state index in [0.717, 1.165) is 29.0 Å². The van der Waals surface area contributed by atoms with Gasteiger partial charge in [0.05, 0.1) is 28.5 Å². The van der Waals surface area contributed by atoms with Crippen LogP contribution in [0.3, 0.4) is 0 Å². The van der Waals surface area contributed by atoms with E-state index in [1.165, 1.54) is 23.9 Å². The Labute approximate surface area is 220 Å². The maximum atomic E-state index is 14.1. The molecule has 8 heteroatoms. The van der Waals surface area contributed by atoms with Crippen LogP contribution in [0.5, 0.6) is 11.5 Å². The fraction of sp³-hybridized carbons (Fsp3) is 0.0323. The number of nitrogens with one attached hydrogen (secondary N) is 2. The maximum absolute atomic E-state index is 14.1. The summed E-state index contributed by atoms with van der Waals surface area (Å²) in [7, 11) is 0. The number of rotatable bonds is 6. The molecule has 7 rings (SSSR count). The molecule has 0 aliphatic rings. The summed E-state index contributed by atoms with van der Waals surface area (Å²) in [6, 6.07) is 26.9. The Kier molecular flexibility index (Phi) is 5.26. The third-order valence-corrected chi connectivity index (χ3v) is 6.84. The summed E-state index contributed by atoms with van der Waals surface area (Å²) in [5.41, 5.74) is 5.93. The molecule has 2 N–H and O–H groups in total. The van der Waals surface area contributed by atoms with Gasteiger partial charge in [-0.05, 0) is 53.9 Å². The first-order chi connectivity index (χ1) is 19.0. The van der Waals surface area contributed by atoms with Crippen molar-refractivity contribution in [3.05, 3.63) is 131 Å². The monoisotopic (exact) mass is 518 g/mol. The SMILES string of the molecule is O=C(c1cc2c(Cc3ccccc3)cccc2[nH]1)c1cnn2c1[nH]c1cc(Oc3cccc(F)c3F)ccc12. The number of ether oxygens (including phenoxy) is 1. The van der Waals surface area contributed by atoms with Crippen molar-refractivity contribution in [1.29, 1.82) is 0 Å². The number of hydrogen-bond acceptors (Lipinski definition) is 3. The Morgan fingerprint density at radius 3 is 2.59 bits per heavy atom. The number of H-pyrrole nitrogens is 2. The molecule has 0 spiro atoms. The van der Waals surface area contributed by atoms with E-state index in [-0.39, 0.29) is 11.5 Å². The summed E-state index contributed by atoms with van der Waals surface area (Å²) in [4.78, 5) is 20.1. The van der Waals surface area contributed by atoms with E-state index in [9.17, 15) is 13.6 Å². The number of carbonyl (C=O) groups excluding carboxylic acids is 1. The van der Waals surface area contributed by atoms with Gasteiger partial charge in [-0.3, -0.25) is 4.79 Å². The summed E-state index contributed by atoms with van der Waals surface area (Å²) in [5, 5.41) is 5.42. The van der Waals surface area contributed by atoms with Crippen LogP contribution in [-0.2, 0) is 6.42 Å². The molecule has 0 saturated heterocycles. The van der Waals surface area contributed by atoms with Crippen molar-refractivity contribution in [3.8, 4) is 11.5 Å². The minimum absolute atomic E-state index is 0.197. The molecule has 0 aliphatic heterocycles. The van der Waals surface area contributed by atoms with Crippen molar-refractivity contribution in [1.82, 2.24) is 19.6 Å². The molecule has 7 aromatic rings.